The van der Waals surface area contributed by atoms with Gasteiger partial charge < -0.3 is 10.2 Å². The van der Waals surface area contributed by atoms with E-state index in [-0.39, 0.29) is 18.4 Å². The summed E-state index contributed by atoms with van der Waals surface area (Å²) in [5.74, 6) is 0.645. The summed E-state index contributed by atoms with van der Waals surface area (Å²) in [5.41, 5.74) is 3.15. The van der Waals surface area contributed by atoms with Crippen molar-refractivity contribution in [2.45, 2.75) is 52.6 Å². The van der Waals surface area contributed by atoms with E-state index in [1.165, 1.54) is 41.9 Å². The first kappa shape index (κ1) is 25.4. The number of thiophene rings is 1. The van der Waals surface area contributed by atoms with Crippen molar-refractivity contribution in [3.05, 3.63) is 46.8 Å². The molecule has 3 fully saturated rings. The highest BCUT2D eigenvalue weighted by atomic mass is 32.1. The average molecular weight is 522 g/mol. The molecule has 1 unspecified atom stereocenters. The summed E-state index contributed by atoms with van der Waals surface area (Å²) in [6, 6.07) is 8.99. The number of aryl methyl sites for hydroxylation is 1. The van der Waals surface area contributed by atoms with E-state index in [9.17, 15) is 14.4 Å². The number of amides is 4. The molecule has 196 valence electrons. The Morgan fingerprint density at radius 3 is 2.38 bits per heavy atom. The maximum Gasteiger partial charge on any atom is 0.321 e. The van der Waals surface area contributed by atoms with Gasteiger partial charge in [-0.3, -0.25) is 24.8 Å². The van der Waals surface area contributed by atoms with Crippen LogP contribution in [-0.2, 0) is 9.59 Å². The Hall–Kier alpha value is -3.20. The molecule has 2 N–H and O–H groups in total. The molecule has 2 saturated heterocycles. The summed E-state index contributed by atoms with van der Waals surface area (Å²) in [4.78, 5) is 48.6. The van der Waals surface area contributed by atoms with Gasteiger partial charge in [0.1, 0.15) is 6.54 Å². The van der Waals surface area contributed by atoms with Crippen molar-refractivity contribution < 1.29 is 14.4 Å². The second-order valence-corrected chi connectivity index (χ2v) is 11.6. The van der Waals surface area contributed by atoms with Crippen molar-refractivity contribution in [1.82, 2.24) is 10.2 Å². The normalized spacial score (nSPS) is 23.3. The molecular weight excluding hydrogens is 486 g/mol. The molecule has 2 aromatic rings. The van der Waals surface area contributed by atoms with Crippen LogP contribution in [0.15, 0.2) is 40.7 Å². The SMILES string of the molecule is Cc1ccsc1NC(=O)NC1N=C(C(C)C)c2ccccc2N(CC(=O)N2CC3CCC(CC3)C2)C1=O. The Labute approximate surface area is 222 Å². The van der Waals surface area contributed by atoms with Crippen LogP contribution in [0.1, 0.15) is 50.7 Å². The molecule has 4 amide bonds. The number of rotatable bonds is 5. The zero-order valence-corrected chi connectivity index (χ0v) is 22.5. The summed E-state index contributed by atoms with van der Waals surface area (Å²) in [6.07, 6.45) is 3.57. The number of nitrogens with one attached hydrogen (secondary N) is 2. The minimum atomic E-state index is -1.14. The van der Waals surface area contributed by atoms with Crippen molar-refractivity contribution in [2.75, 3.05) is 29.9 Å². The summed E-state index contributed by atoms with van der Waals surface area (Å²) < 4.78 is 0. The van der Waals surface area contributed by atoms with Crippen molar-refractivity contribution in [1.29, 1.82) is 0 Å². The number of aliphatic imine (C=N–C) groups is 1. The van der Waals surface area contributed by atoms with Gasteiger partial charge in [-0.25, -0.2) is 4.79 Å². The lowest BCUT2D eigenvalue weighted by Crippen LogP contribution is -2.51. The molecule has 9 heteroatoms. The third kappa shape index (κ3) is 5.42. The summed E-state index contributed by atoms with van der Waals surface area (Å²) in [7, 11) is 0. The third-order valence-corrected chi connectivity index (χ3v) is 8.64. The number of benzene rings is 1. The second-order valence-electron chi connectivity index (χ2n) is 10.7. The van der Waals surface area contributed by atoms with Gasteiger partial charge in [-0.15, -0.1) is 11.3 Å². The van der Waals surface area contributed by atoms with Gasteiger partial charge in [-0.2, -0.15) is 0 Å². The first-order valence-electron chi connectivity index (χ1n) is 13.2. The first-order valence-corrected chi connectivity index (χ1v) is 14.1. The molecule has 1 aliphatic carbocycles. The Balaban J connectivity index is 1.43. The van der Waals surface area contributed by atoms with Crippen LogP contribution in [0, 0.1) is 24.7 Å². The van der Waals surface area contributed by atoms with E-state index < -0.39 is 18.1 Å². The number of urea groups is 1. The van der Waals surface area contributed by atoms with E-state index in [0.717, 1.165) is 34.9 Å². The van der Waals surface area contributed by atoms with Gasteiger partial charge in [0.25, 0.3) is 5.91 Å². The number of para-hydroxylation sites is 1. The second kappa shape index (κ2) is 10.7. The van der Waals surface area contributed by atoms with Crippen molar-refractivity contribution in [2.24, 2.45) is 22.7 Å². The van der Waals surface area contributed by atoms with E-state index in [1.54, 1.807) is 0 Å². The largest absolute Gasteiger partial charge is 0.341 e. The minimum absolute atomic E-state index is 0.0118. The minimum Gasteiger partial charge on any atom is -0.341 e. The summed E-state index contributed by atoms with van der Waals surface area (Å²) >= 11 is 1.42. The van der Waals surface area contributed by atoms with Gasteiger partial charge in [-0.1, -0.05) is 32.0 Å². The van der Waals surface area contributed by atoms with E-state index in [1.807, 2.05) is 61.4 Å². The molecule has 6 rings (SSSR count). The molecule has 1 aromatic carbocycles. The summed E-state index contributed by atoms with van der Waals surface area (Å²) in [6.45, 7) is 7.39. The Kier molecular flexibility index (Phi) is 7.33. The third-order valence-electron chi connectivity index (χ3n) is 7.71. The zero-order chi connectivity index (χ0) is 26.1. The van der Waals surface area contributed by atoms with Crippen molar-refractivity contribution >= 4 is 45.6 Å². The fourth-order valence-electron chi connectivity index (χ4n) is 5.67. The molecule has 3 aliphatic heterocycles. The molecule has 4 aliphatic rings. The maximum atomic E-state index is 13.9. The number of fused-ring (bicyclic) bond motifs is 5. The Bertz CT molecular complexity index is 1200. The van der Waals surface area contributed by atoms with E-state index in [2.05, 4.69) is 10.6 Å². The smallest absolute Gasteiger partial charge is 0.321 e. The van der Waals surface area contributed by atoms with Gasteiger partial charge in [0, 0.05) is 24.4 Å². The van der Waals surface area contributed by atoms with Crippen LogP contribution in [-0.4, -0.2) is 54.3 Å². The van der Waals surface area contributed by atoms with Crippen LogP contribution in [0.5, 0.6) is 0 Å². The molecule has 0 radical (unpaired) electrons. The van der Waals surface area contributed by atoms with Gasteiger partial charge in [0.05, 0.1) is 10.7 Å². The molecule has 8 nitrogen and oxygen atoms in total. The Morgan fingerprint density at radius 2 is 1.76 bits per heavy atom. The van der Waals surface area contributed by atoms with E-state index in [0.29, 0.717) is 17.5 Å². The molecule has 1 saturated carbocycles. The summed E-state index contributed by atoms with van der Waals surface area (Å²) in [5, 5.41) is 8.21. The van der Waals surface area contributed by atoms with Gasteiger partial charge >= 0.3 is 6.03 Å². The number of nitrogens with zero attached hydrogens (tertiary/aromatic N) is 3. The lowest BCUT2D eigenvalue weighted by Gasteiger charge is -2.29. The fourth-order valence-corrected chi connectivity index (χ4v) is 6.48. The monoisotopic (exact) mass is 521 g/mol. The average Bonchev–Trinajstić information content (AvgIpc) is 3.04. The highest BCUT2D eigenvalue weighted by molar-refractivity contribution is 7.14. The fraction of sp³-hybridized carbons (Fsp3) is 0.500. The number of hydrogen-bond acceptors (Lipinski definition) is 5. The Morgan fingerprint density at radius 1 is 1.08 bits per heavy atom. The van der Waals surface area contributed by atoms with Crippen molar-refractivity contribution in [3.8, 4) is 0 Å². The highest BCUT2D eigenvalue weighted by Gasteiger charge is 2.37. The van der Waals surface area contributed by atoms with Gasteiger partial charge in [-0.05, 0) is 73.4 Å². The van der Waals surface area contributed by atoms with E-state index in [4.69, 9.17) is 4.99 Å². The standard InChI is InChI=1S/C28H35N5O3S/c1-17(2)24-21-6-4-5-7-22(21)33(16-23(34)32-14-19-8-9-20(15-32)11-10-19)27(35)25(29-24)30-28(36)31-26-18(3)12-13-37-26/h4-7,12-13,17,19-20,25H,8-11,14-16H2,1-3H3,(H2,30,31,36). The molecule has 0 spiro atoms. The lowest BCUT2D eigenvalue weighted by atomic mass is 9.84. The van der Waals surface area contributed by atoms with E-state index >= 15 is 0 Å². The van der Waals surface area contributed by atoms with Crippen LogP contribution in [0.2, 0.25) is 0 Å². The molecule has 1 atom stereocenters. The maximum absolute atomic E-state index is 13.9. The first-order chi connectivity index (χ1) is 17.8. The highest BCUT2D eigenvalue weighted by Crippen LogP contribution is 2.34. The topological polar surface area (TPSA) is 94.1 Å². The van der Waals surface area contributed by atoms with Crippen LogP contribution in [0.4, 0.5) is 15.5 Å². The number of carbonyl (C=O) groups excluding carboxylic acids is 3. The number of anilines is 2. The molecule has 2 bridgehead atoms. The predicted molar refractivity (Wildman–Crippen MR) is 147 cm³/mol. The number of benzodiazepines with no additional fused rings is 1. The molecular formula is C28H35N5O3S. The number of carbonyl (C=O) groups is 3. The van der Waals surface area contributed by atoms with Crippen LogP contribution >= 0.6 is 11.3 Å². The number of hydrogen-bond donors (Lipinski definition) is 2. The zero-order valence-electron chi connectivity index (χ0n) is 21.7. The van der Waals surface area contributed by atoms with Crippen LogP contribution in [0.3, 0.4) is 0 Å². The predicted octanol–water partition coefficient (Wildman–Crippen LogP) is 4.64. The van der Waals surface area contributed by atoms with Crippen molar-refractivity contribution in [3.63, 3.8) is 0 Å². The molecule has 37 heavy (non-hydrogen) atoms. The molecule has 1 aromatic heterocycles. The van der Waals surface area contributed by atoms with Crippen LogP contribution in [0.25, 0.3) is 0 Å². The lowest BCUT2D eigenvalue weighted by molar-refractivity contribution is -0.132. The molecule has 4 heterocycles. The van der Waals surface area contributed by atoms with Gasteiger partial charge in [0.2, 0.25) is 12.1 Å². The van der Waals surface area contributed by atoms with Crippen LogP contribution < -0.4 is 15.5 Å². The van der Waals surface area contributed by atoms with Gasteiger partial charge in [0.15, 0.2) is 0 Å². The quantitative estimate of drug-likeness (QED) is 0.600.